The number of rotatable bonds is 2. The number of nitrogens with one attached hydrogen (secondary N) is 1. The summed E-state index contributed by atoms with van der Waals surface area (Å²) in [6, 6.07) is 9.73. The van der Waals surface area contributed by atoms with Crippen molar-refractivity contribution in [2.75, 3.05) is 11.1 Å². The molecule has 0 unspecified atom stereocenters. The number of hydrogen-bond donors (Lipinski definition) is 2. The van der Waals surface area contributed by atoms with Crippen LogP contribution in [0.1, 0.15) is 16.7 Å². The maximum absolute atomic E-state index is 9.16. The van der Waals surface area contributed by atoms with Crippen LogP contribution in [0.5, 0.6) is 0 Å². The third-order valence-electron chi connectivity index (χ3n) is 2.74. The monoisotopic (exact) mass is 238 g/mol. The summed E-state index contributed by atoms with van der Waals surface area (Å²) in [5, 5.41) is 12.3. The van der Waals surface area contributed by atoms with E-state index in [-0.39, 0.29) is 0 Å². The third-order valence-corrected chi connectivity index (χ3v) is 2.74. The molecule has 0 fully saturated rings. The van der Waals surface area contributed by atoms with Crippen molar-refractivity contribution in [1.29, 1.82) is 5.26 Å². The quantitative estimate of drug-likeness (QED) is 0.843. The fraction of sp³-hybridized carbons (Fsp3) is 0.143. The van der Waals surface area contributed by atoms with Gasteiger partial charge in [0.05, 0.1) is 23.1 Å². The molecule has 0 radical (unpaired) electrons. The number of pyridine rings is 1. The number of benzene rings is 1. The van der Waals surface area contributed by atoms with Gasteiger partial charge in [0.1, 0.15) is 11.9 Å². The Hall–Kier alpha value is -2.54. The van der Waals surface area contributed by atoms with Crippen molar-refractivity contribution in [2.45, 2.75) is 13.8 Å². The van der Waals surface area contributed by atoms with Crippen LogP contribution in [-0.2, 0) is 0 Å². The molecule has 1 aromatic carbocycles. The Bertz CT molecular complexity index is 626. The molecule has 0 atom stereocenters. The minimum Gasteiger partial charge on any atom is -0.397 e. The summed E-state index contributed by atoms with van der Waals surface area (Å²) in [5.41, 5.74) is 9.57. The van der Waals surface area contributed by atoms with Gasteiger partial charge >= 0.3 is 0 Å². The molecule has 4 nitrogen and oxygen atoms in total. The molecule has 2 aromatic rings. The summed E-state index contributed by atoms with van der Waals surface area (Å²) in [6.45, 7) is 3.83. The predicted octanol–water partition coefficient (Wildman–Crippen LogP) is 2.90. The summed E-state index contributed by atoms with van der Waals surface area (Å²) in [6.07, 6.45) is 1.59. The number of nitrogens with two attached hydrogens (primary N) is 1. The van der Waals surface area contributed by atoms with E-state index in [4.69, 9.17) is 11.0 Å². The van der Waals surface area contributed by atoms with Gasteiger partial charge in [-0.05, 0) is 37.1 Å². The highest BCUT2D eigenvalue weighted by Gasteiger charge is 2.07. The summed E-state index contributed by atoms with van der Waals surface area (Å²) in [5.74, 6) is 0.714. The van der Waals surface area contributed by atoms with Gasteiger partial charge in [-0.15, -0.1) is 0 Å². The molecule has 90 valence electrons. The molecule has 0 spiro atoms. The van der Waals surface area contributed by atoms with Crippen molar-refractivity contribution >= 4 is 17.2 Å². The summed E-state index contributed by atoms with van der Waals surface area (Å²) < 4.78 is 0. The second-order valence-electron chi connectivity index (χ2n) is 4.17. The molecule has 1 heterocycles. The van der Waals surface area contributed by atoms with Crippen molar-refractivity contribution in [1.82, 2.24) is 4.98 Å². The Kier molecular flexibility index (Phi) is 3.16. The lowest BCUT2D eigenvalue weighted by Crippen LogP contribution is -2.00. The summed E-state index contributed by atoms with van der Waals surface area (Å²) >= 11 is 0. The zero-order chi connectivity index (χ0) is 13.1. The zero-order valence-electron chi connectivity index (χ0n) is 10.4. The van der Waals surface area contributed by atoms with Crippen LogP contribution in [0.15, 0.2) is 30.5 Å². The first-order chi connectivity index (χ1) is 8.61. The number of aromatic nitrogens is 1. The second-order valence-corrected chi connectivity index (χ2v) is 4.17. The molecule has 3 N–H and O–H groups in total. The average Bonchev–Trinajstić information content (AvgIpc) is 2.33. The van der Waals surface area contributed by atoms with Gasteiger partial charge in [0.2, 0.25) is 0 Å². The molecule has 0 aliphatic heterocycles. The van der Waals surface area contributed by atoms with Crippen LogP contribution in [0.25, 0.3) is 0 Å². The Morgan fingerprint density at radius 1 is 1.28 bits per heavy atom. The maximum Gasteiger partial charge on any atom is 0.133 e. The number of nitrogen functional groups attached to an aromatic ring is 1. The highest BCUT2D eigenvalue weighted by Crippen LogP contribution is 2.24. The van der Waals surface area contributed by atoms with E-state index < -0.39 is 0 Å². The standard InChI is InChI=1S/C14H14N4/c1-9-4-3-5-13(12(9)7-15)18-14-10(2)6-11(16)8-17-14/h3-6,8H,16H2,1-2H3,(H,17,18). The van der Waals surface area contributed by atoms with Gasteiger partial charge in [0.15, 0.2) is 0 Å². The molecule has 0 bridgehead atoms. The molecule has 1 aromatic heterocycles. The van der Waals surface area contributed by atoms with Crippen molar-refractivity contribution < 1.29 is 0 Å². The molecular formula is C14H14N4. The number of aryl methyl sites for hydroxylation is 2. The normalized spacial score (nSPS) is 9.83. The van der Waals surface area contributed by atoms with Gasteiger partial charge in [-0.3, -0.25) is 0 Å². The van der Waals surface area contributed by atoms with E-state index in [1.165, 1.54) is 0 Å². The van der Waals surface area contributed by atoms with Crippen LogP contribution < -0.4 is 11.1 Å². The van der Waals surface area contributed by atoms with E-state index in [0.717, 1.165) is 16.8 Å². The van der Waals surface area contributed by atoms with E-state index >= 15 is 0 Å². The Morgan fingerprint density at radius 2 is 2.06 bits per heavy atom. The number of nitriles is 1. The number of hydrogen-bond acceptors (Lipinski definition) is 4. The molecule has 0 amide bonds. The molecule has 2 rings (SSSR count). The minimum absolute atomic E-state index is 0.628. The van der Waals surface area contributed by atoms with E-state index in [1.54, 1.807) is 6.20 Å². The summed E-state index contributed by atoms with van der Waals surface area (Å²) in [4.78, 5) is 4.23. The first-order valence-electron chi connectivity index (χ1n) is 5.60. The Labute approximate surface area is 106 Å². The van der Waals surface area contributed by atoms with Crippen LogP contribution >= 0.6 is 0 Å². The highest BCUT2D eigenvalue weighted by atomic mass is 15.0. The van der Waals surface area contributed by atoms with Gasteiger partial charge < -0.3 is 11.1 Å². The Morgan fingerprint density at radius 3 is 2.72 bits per heavy atom. The molecule has 0 aliphatic rings. The fourth-order valence-electron chi connectivity index (χ4n) is 1.78. The van der Waals surface area contributed by atoms with Crippen LogP contribution in [0.3, 0.4) is 0 Å². The van der Waals surface area contributed by atoms with Gasteiger partial charge in [0, 0.05) is 0 Å². The number of nitrogens with zero attached hydrogens (tertiary/aromatic N) is 2. The Balaban J connectivity index is 2.41. The van der Waals surface area contributed by atoms with E-state index in [1.807, 2.05) is 38.1 Å². The molecule has 4 heteroatoms. The van der Waals surface area contributed by atoms with Gasteiger partial charge in [-0.2, -0.15) is 5.26 Å². The lowest BCUT2D eigenvalue weighted by atomic mass is 10.1. The van der Waals surface area contributed by atoms with Gasteiger partial charge in [-0.1, -0.05) is 12.1 Å². The van der Waals surface area contributed by atoms with Crippen LogP contribution in [-0.4, -0.2) is 4.98 Å². The summed E-state index contributed by atoms with van der Waals surface area (Å²) in [7, 11) is 0. The molecule has 0 saturated heterocycles. The van der Waals surface area contributed by atoms with Crippen molar-refractivity contribution in [2.24, 2.45) is 0 Å². The third kappa shape index (κ3) is 2.25. The predicted molar refractivity (Wildman–Crippen MR) is 72.6 cm³/mol. The fourth-order valence-corrected chi connectivity index (χ4v) is 1.78. The van der Waals surface area contributed by atoms with Crippen molar-refractivity contribution in [3.8, 4) is 6.07 Å². The van der Waals surface area contributed by atoms with Gasteiger partial charge in [-0.25, -0.2) is 4.98 Å². The minimum atomic E-state index is 0.628. The molecule has 0 saturated carbocycles. The zero-order valence-corrected chi connectivity index (χ0v) is 10.4. The SMILES string of the molecule is Cc1cc(N)cnc1Nc1cccc(C)c1C#N. The first kappa shape index (κ1) is 11.9. The smallest absolute Gasteiger partial charge is 0.133 e. The van der Waals surface area contributed by atoms with Crippen LogP contribution in [0.2, 0.25) is 0 Å². The largest absolute Gasteiger partial charge is 0.397 e. The van der Waals surface area contributed by atoms with Crippen LogP contribution in [0, 0.1) is 25.2 Å². The lowest BCUT2D eigenvalue weighted by Gasteiger charge is -2.11. The maximum atomic E-state index is 9.16. The molecule has 0 aliphatic carbocycles. The highest BCUT2D eigenvalue weighted by molar-refractivity contribution is 5.68. The van der Waals surface area contributed by atoms with E-state index in [0.29, 0.717) is 17.1 Å². The van der Waals surface area contributed by atoms with Crippen molar-refractivity contribution in [3.05, 3.63) is 47.2 Å². The molecule has 18 heavy (non-hydrogen) atoms. The van der Waals surface area contributed by atoms with Gasteiger partial charge in [0.25, 0.3) is 0 Å². The second kappa shape index (κ2) is 4.76. The van der Waals surface area contributed by atoms with Crippen molar-refractivity contribution in [3.63, 3.8) is 0 Å². The van der Waals surface area contributed by atoms with Crippen LogP contribution in [0.4, 0.5) is 17.2 Å². The van der Waals surface area contributed by atoms with E-state index in [2.05, 4.69) is 16.4 Å². The molecular weight excluding hydrogens is 224 g/mol. The van der Waals surface area contributed by atoms with E-state index in [9.17, 15) is 0 Å². The topological polar surface area (TPSA) is 74.7 Å². The first-order valence-corrected chi connectivity index (χ1v) is 5.60. The lowest BCUT2D eigenvalue weighted by molar-refractivity contribution is 1.25. The average molecular weight is 238 g/mol. The number of anilines is 3.